The molecule has 1 N–H and O–H groups in total. The summed E-state index contributed by atoms with van der Waals surface area (Å²) in [5, 5.41) is 3.28. The summed E-state index contributed by atoms with van der Waals surface area (Å²) in [6.45, 7) is 4.63. The molecule has 2 rings (SSSR count). The molecule has 0 spiro atoms. The van der Waals surface area contributed by atoms with Crippen LogP contribution in [0.3, 0.4) is 0 Å². The van der Waals surface area contributed by atoms with Gasteiger partial charge in [0.25, 0.3) is 0 Å². The van der Waals surface area contributed by atoms with E-state index in [0.29, 0.717) is 5.56 Å². The molecule has 106 valence electrons. The van der Waals surface area contributed by atoms with Crippen LogP contribution in [0.15, 0.2) is 36.4 Å². The Morgan fingerprint density at radius 3 is 2.65 bits per heavy atom. The van der Waals surface area contributed by atoms with Crippen molar-refractivity contribution in [2.45, 2.75) is 19.9 Å². The second-order valence-electron chi connectivity index (χ2n) is 4.56. The second-order valence-corrected chi connectivity index (χ2v) is 4.56. The lowest BCUT2D eigenvalue weighted by Gasteiger charge is -2.19. The van der Waals surface area contributed by atoms with E-state index in [2.05, 4.69) is 10.3 Å². The predicted molar refractivity (Wildman–Crippen MR) is 77.4 cm³/mol. The molecule has 0 saturated carbocycles. The molecule has 0 saturated heterocycles. The molecule has 0 radical (unpaired) electrons. The summed E-state index contributed by atoms with van der Waals surface area (Å²) in [6, 6.07) is 10.6. The van der Waals surface area contributed by atoms with Crippen molar-refractivity contribution < 1.29 is 9.13 Å². The van der Waals surface area contributed by atoms with Gasteiger partial charge in [0.1, 0.15) is 0 Å². The Hall–Kier alpha value is -1.94. The molecule has 0 aliphatic heterocycles. The maximum absolute atomic E-state index is 14.4. The molecule has 0 aliphatic rings. The van der Waals surface area contributed by atoms with E-state index in [0.717, 1.165) is 17.9 Å². The Kier molecular flexibility index (Phi) is 4.69. The molecule has 1 aromatic carbocycles. The zero-order valence-corrected chi connectivity index (χ0v) is 12.0. The number of benzene rings is 1. The van der Waals surface area contributed by atoms with Crippen molar-refractivity contribution in [1.29, 1.82) is 0 Å². The van der Waals surface area contributed by atoms with E-state index in [1.165, 1.54) is 7.11 Å². The number of nitrogens with zero attached hydrogens (tertiary/aromatic N) is 1. The maximum atomic E-state index is 14.4. The molecule has 3 nitrogen and oxygen atoms in total. The molecular weight excluding hydrogens is 255 g/mol. The molecule has 1 unspecified atom stereocenters. The highest BCUT2D eigenvalue weighted by Crippen LogP contribution is 2.28. The first-order chi connectivity index (χ1) is 9.67. The quantitative estimate of drug-likeness (QED) is 0.909. The first-order valence-corrected chi connectivity index (χ1v) is 6.66. The molecule has 4 heteroatoms. The first-order valence-electron chi connectivity index (χ1n) is 6.66. The largest absolute Gasteiger partial charge is 0.494 e. The lowest BCUT2D eigenvalue weighted by atomic mass is 10.0. The highest BCUT2D eigenvalue weighted by molar-refractivity contribution is 5.37. The number of methoxy groups -OCH3 is 1. The van der Waals surface area contributed by atoms with Gasteiger partial charge in [0.2, 0.25) is 0 Å². The molecule has 1 atom stereocenters. The third-order valence-corrected chi connectivity index (χ3v) is 3.14. The summed E-state index contributed by atoms with van der Waals surface area (Å²) < 4.78 is 19.5. The minimum absolute atomic E-state index is 0.248. The molecule has 2 aromatic rings. The Labute approximate surface area is 118 Å². The predicted octanol–water partition coefficient (Wildman–Crippen LogP) is 3.24. The molecular formula is C16H19FN2O. The van der Waals surface area contributed by atoms with Gasteiger partial charge in [0.15, 0.2) is 11.6 Å². The third kappa shape index (κ3) is 2.96. The van der Waals surface area contributed by atoms with E-state index in [1.54, 1.807) is 18.2 Å². The fraction of sp³-hybridized carbons (Fsp3) is 0.312. The SMILES string of the molecule is CCNC(c1cccc(C)n1)c1cccc(OC)c1F. The monoisotopic (exact) mass is 274 g/mol. The number of aryl methyl sites for hydroxylation is 1. The van der Waals surface area contributed by atoms with E-state index in [9.17, 15) is 4.39 Å². The standard InChI is InChI=1S/C16H19FN2O/c1-4-18-16(13-9-5-7-11(2)19-13)12-8-6-10-14(20-3)15(12)17/h5-10,16,18H,4H2,1-3H3. The number of ether oxygens (including phenoxy) is 1. The number of nitrogens with one attached hydrogen (secondary N) is 1. The number of hydrogen-bond acceptors (Lipinski definition) is 3. The molecule has 1 heterocycles. The van der Waals surface area contributed by atoms with Crippen LogP contribution in [0.5, 0.6) is 5.75 Å². The summed E-state index contributed by atoms with van der Waals surface area (Å²) in [6.07, 6.45) is 0. The molecule has 0 amide bonds. The number of rotatable bonds is 5. The fourth-order valence-corrected chi connectivity index (χ4v) is 2.21. The van der Waals surface area contributed by atoms with Crippen molar-refractivity contribution in [2.75, 3.05) is 13.7 Å². The third-order valence-electron chi connectivity index (χ3n) is 3.14. The summed E-state index contributed by atoms with van der Waals surface area (Å²) in [5.41, 5.74) is 2.26. The van der Waals surface area contributed by atoms with E-state index in [4.69, 9.17) is 4.74 Å². The highest BCUT2D eigenvalue weighted by Gasteiger charge is 2.20. The molecule has 0 bridgehead atoms. The lowest BCUT2D eigenvalue weighted by Crippen LogP contribution is -2.24. The summed E-state index contributed by atoms with van der Waals surface area (Å²) >= 11 is 0. The van der Waals surface area contributed by atoms with Crippen LogP contribution in [-0.4, -0.2) is 18.6 Å². The van der Waals surface area contributed by atoms with Crippen molar-refractivity contribution in [3.63, 3.8) is 0 Å². The summed E-state index contributed by atoms with van der Waals surface area (Å²) in [4.78, 5) is 4.50. The Morgan fingerprint density at radius 2 is 2.00 bits per heavy atom. The van der Waals surface area contributed by atoms with Crippen LogP contribution >= 0.6 is 0 Å². The van der Waals surface area contributed by atoms with Gasteiger partial charge in [-0.1, -0.05) is 25.1 Å². The normalized spacial score (nSPS) is 12.2. The smallest absolute Gasteiger partial charge is 0.170 e. The van der Waals surface area contributed by atoms with Gasteiger partial charge in [0.05, 0.1) is 18.8 Å². The van der Waals surface area contributed by atoms with Gasteiger partial charge in [-0.05, 0) is 31.7 Å². The molecule has 20 heavy (non-hydrogen) atoms. The molecule has 0 aliphatic carbocycles. The maximum Gasteiger partial charge on any atom is 0.170 e. The second kappa shape index (κ2) is 6.48. The lowest BCUT2D eigenvalue weighted by molar-refractivity contribution is 0.381. The van der Waals surface area contributed by atoms with Crippen LogP contribution in [0.4, 0.5) is 4.39 Å². The van der Waals surface area contributed by atoms with Gasteiger partial charge >= 0.3 is 0 Å². The van der Waals surface area contributed by atoms with Crippen molar-refractivity contribution in [2.24, 2.45) is 0 Å². The van der Waals surface area contributed by atoms with Crippen molar-refractivity contribution in [3.8, 4) is 5.75 Å². The van der Waals surface area contributed by atoms with Crippen LogP contribution in [0.1, 0.15) is 29.9 Å². The molecule has 0 fully saturated rings. The zero-order chi connectivity index (χ0) is 14.5. The number of halogens is 1. The topological polar surface area (TPSA) is 34.2 Å². The summed E-state index contributed by atoms with van der Waals surface area (Å²) in [7, 11) is 1.47. The van der Waals surface area contributed by atoms with Crippen molar-refractivity contribution in [1.82, 2.24) is 10.3 Å². The minimum atomic E-state index is -0.343. The van der Waals surface area contributed by atoms with Crippen LogP contribution in [0.25, 0.3) is 0 Å². The zero-order valence-electron chi connectivity index (χ0n) is 12.0. The van der Waals surface area contributed by atoms with Gasteiger partial charge in [-0.2, -0.15) is 0 Å². The summed E-state index contributed by atoms with van der Waals surface area (Å²) in [5.74, 6) is -0.0951. The number of aromatic nitrogens is 1. The van der Waals surface area contributed by atoms with E-state index < -0.39 is 0 Å². The van der Waals surface area contributed by atoms with E-state index >= 15 is 0 Å². The van der Waals surface area contributed by atoms with E-state index in [-0.39, 0.29) is 17.6 Å². The number of pyridine rings is 1. The van der Waals surface area contributed by atoms with Gasteiger partial charge in [-0.25, -0.2) is 4.39 Å². The Balaban J connectivity index is 2.48. The van der Waals surface area contributed by atoms with Gasteiger partial charge in [-0.3, -0.25) is 4.98 Å². The molecule has 1 aromatic heterocycles. The van der Waals surface area contributed by atoms with Gasteiger partial charge < -0.3 is 10.1 Å². The van der Waals surface area contributed by atoms with Crippen LogP contribution < -0.4 is 10.1 Å². The van der Waals surface area contributed by atoms with Gasteiger partial charge in [0, 0.05) is 11.3 Å². The Bertz CT molecular complexity index is 586. The average Bonchev–Trinajstić information content (AvgIpc) is 2.45. The van der Waals surface area contributed by atoms with Crippen LogP contribution in [0, 0.1) is 12.7 Å². The van der Waals surface area contributed by atoms with Crippen molar-refractivity contribution in [3.05, 3.63) is 59.2 Å². The Morgan fingerprint density at radius 1 is 1.25 bits per heavy atom. The van der Waals surface area contributed by atoms with Crippen LogP contribution in [-0.2, 0) is 0 Å². The highest BCUT2D eigenvalue weighted by atomic mass is 19.1. The average molecular weight is 274 g/mol. The van der Waals surface area contributed by atoms with Crippen molar-refractivity contribution >= 4 is 0 Å². The minimum Gasteiger partial charge on any atom is -0.494 e. The first kappa shape index (κ1) is 14.5. The van der Waals surface area contributed by atoms with E-state index in [1.807, 2.05) is 32.0 Å². The fourth-order valence-electron chi connectivity index (χ4n) is 2.21. The van der Waals surface area contributed by atoms with Crippen LogP contribution in [0.2, 0.25) is 0 Å². The number of hydrogen-bond donors (Lipinski definition) is 1. The van der Waals surface area contributed by atoms with Gasteiger partial charge in [-0.15, -0.1) is 0 Å².